The number of fused-ring (bicyclic) bond motifs is 1. The van der Waals surface area contributed by atoms with Crippen molar-refractivity contribution in [2.24, 2.45) is 15.9 Å². The van der Waals surface area contributed by atoms with Crippen LogP contribution in [-0.4, -0.2) is 51.4 Å². The fourth-order valence-corrected chi connectivity index (χ4v) is 5.83. The molecule has 9 nitrogen and oxygen atoms in total. The lowest BCUT2D eigenvalue weighted by atomic mass is 10.0. The molecule has 0 fully saturated rings. The molecule has 12 heteroatoms. The summed E-state index contributed by atoms with van der Waals surface area (Å²) in [4.78, 5) is 57.5. The molecule has 0 bridgehead atoms. The van der Waals surface area contributed by atoms with E-state index >= 15 is 0 Å². The number of carbonyl (C=O) groups excluding carboxylic acids is 3. The van der Waals surface area contributed by atoms with Gasteiger partial charge in [-0.05, 0) is 38.8 Å². The number of amidine groups is 1. The van der Waals surface area contributed by atoms with Crippen LogP contribution in [0.5, 0.6) is 0 Å². The second kappa shape index (κ2) is 9.37. The van der Waals surface area contributed by atoms with Gasteiger partial charge in [0.1, 0.15) is 10.9 Å². The first kappa shape index (κ1) is 23.2. The standard InChI is InChI=1S/C19H19N3O6S3/c1-5-28-18(27)12-7(2)9(4)30-16(12)20-10(23)6-29-19-21-14(24)11-8(3)13(17(25)26)31-15(11)22-19/h11H,5-6H2,1-4H3,(H,20,23)(H,25,26). The van der Waals surface area contributed by atoms with E-state index in [9.17, 15) is 24.3 Å². The van der Waals surface area contributed by atoms with Crippen molar-refractivity contribution in [3.8, 4) is 0 Å². The Kier molecular flexibility index (Phi) is 7.02. The number of nitrogens with zero attached hydrogens (tertiary/aromatic N) is 2. The van der Waals surface area contributed by atoms with Crippen LogP contribution in [0.15, 0.2) is 20.5 Å². The summed E-state index contributed by atoms with van der Waals surface area (Å²) in [5.74, 6) is -3.35. The van der Waals surface area contributed by atoms with Crippen molar-refractivity contribution in [3.63, 3.8) is 0 Å². The lowest BCUT2D eigenvalue weighted by Gasteiger charge is -2.14. The molecule has 1 atom stereocenters. The zero-order valence-electron chi connectivity index (χ0n) is 17.1. The van der Waals surface area contributed by atoms with Gasteiger partial charge >= 0.3 is 11.9 Å². The maximum absolute atomic E-state index is 12.5. The fraction of sp³-hybridized carbons (Fsp3) is 0.368. The van der Waals surface area contributed by atoms with Gasteiger partial charge in [-0.1, -0.05) is 23.5 Å². The molecule has 0 aromatic carbocycles. The summed E-state index contributed by atoms with van der Waals surface area (Å²) in [6, 6.07) is 0. The van der Waals surface area contributed by atoms with Crippen molar-refractivity contribution in [2.45, 2.75) is 27.7 Å². The van der Waals surface area contributed by atoms with Gasteiger partial charge < -0.3 is 15.2 Å². The second-order valence-corrected chi connectivity index (χ2v) is 9.78. The average molecular weight is 482 g/mol. The molecule has 2 N–H and O–H groups in total. The summed E-state index contributed by atoms with van der Waals surface area (Å²) >= 11 is 3.18. The first-order valence-corrected chi connectivity index (χ1v) is 11.8. The average Bonchev–Trinajstić information content (AvgIpc) is 3.17. The van der Waals surface area contributed by atoms with Crippen LogP contribution in [0.3, 0.4) is 0 Å². The molecule has 2 aliphatic heterocycles. The minimum Gasteiger partial charge on any atom is -0.477 e. The number of thioether (sulfide) groups is 2. The smallest absolute Gasteiger partial charge is 0.342 e. The van der Waals surface area contributed by atoms with E-state index in [0.29, 0.717) is 21.2 Å². The number of ether oxygens (including phenoxy) is 1. The van der Waals surface area contributed by atoms with E-state index < -0.39 is 29.7 Å². The third-order valence-corrected chi connectivity index (χ3v) is 7.75. The van der Waals surface area contributed by atoms with Crippen LogP contribution in [0, 0.1) is 19.8 Å². The molecular formula is C19H19N3O6S3. The highest BCUT2D eigenvalue weighted by Crippen LogP contribution is 2.41. The maximum Gasteiger partial charge on any atom is 0.342 e. The number of anilines is 1. The fourth-order valence-electron chi connectivity index (χ4n) is 2.95. The predicted octanol–water partition coefficient (Wildman–Crippen LogP) is 3.23. The summed E-state index contributed by atoms with van der Waals surface area (Å²) in [5.41, 5.74) is 1.50. The van der Waals surface area contributed by atoms with Crippen LogP contribution >= 0.6 is 34.9 Å². The largest absolute Gasteiger partial charge is 0.477 e. The van der Waals surface area contributed by atoms with Gasteiger partial charge in [-0.25, -0.2) is 14.6 Å². The van der Waals surface area contributed by atoms with Gasteiger partial charge in [0.25, 0.3) is 5.91 Å². The predicted molar refractivity (Wildman–Crippen MR) is 122 cm³/mol. The van der Waals surface area contributed by atoms with Crippen molar-refractivity contribution in [3.05, 3.63) is 26.5 Å². The number of rotatable bonds is 6. The summed E-state index contributed by atoms with van der Waals surface area (Å²) in [6.45, 7) is 7.15. The van der Waals surface area contributed by atoms with Crippen molar-refractivity contribution in [1.29, 1.82) is 0 Å². The number of carboxylic acid groups (broad SMARTS) is 1. The molecule has 0 saturated heterocycles. The second-order valence-electron chi connectivity index (χ2n) is 6.58. The van der Waals surface area contributed by atoms with Gasteiger partial charge in [0.15, 0.2) is 5.17 Å². The quantitative estimate of drug-likeness (QED) is 0.592. The van der Waals surface area contributed by atoms with E-state index in [2.05, 4.69) is 15.3 Å². The van der Waals surface area contributed by atoms with E-state index in [1.54, 1.807) is 20.8 Å². The summed E-state index contributed by atoms with van der Waals surface area (Å²) < 4.78 is 5.07. The minimum absolute atomic E-state index is 0.0752. The van der Waals surface area contributed by atoms with Crippen LogP contribution in [0.25, 0.3) is 0 Å². The Hall–Kier alpha value is -2.44. The lowest BCUT2D eigenvalue weighted by molar-refractivity contribution is -0.131. The number of hydrogen-bond acceptors (Lipinski definition) is 9. The van der Waals surface area contributed by atoms with E-state index in [1.807, 2.05) is 6.92 Å². The Balaban J connectivity index is 1.67. The van der Waals surface area contributed by atoms with Crippen LogP contribution in [0.2, 0.25) is 0 Å². The van der Waals surface area contributed by atoms with E-state index in [4.69, 9.17) is 4.74 Å². The molecular weight excluding hydrogens is 462 g/mol. The number of amides is 2. The Morgan fingerprint density at radius 3 is 2.58 bits per heavy atom. The number of aliphatic imine (C=N–C) groups is 2. The van der Waals surface area contributed by atoms with Gasteiger partial charge in [0.05, 0.1) is 27.9 Å². The Bertz CT molecular complexity index is 1090. The molecule has 0 saturated carbocycles. The Morgan fingerprint density at radius 2 is 1.94 bits per heavy atom. The van der Waals surface area contributed by atoms with Gasteiger partial charge in [-0.3, -0.25) is 9.59 Å². The van der Waals surface area contributed by atoms with Crippen LogP contribution < -0.4 is 5.32 Å². The van der Waals surface area contributed by atoms with E-state index in [0.717, 1.165) is 34.0 Å². The highest BCUT2D eigenvalue weighted by Gasteiger charge is 2.40. The maximum atomic E-state index is 12.5. The zero-order chi connectivity index (χ0) is 22.9. The third-order valence-electron chi connectivity index (χ3n) is 4.55. The molecule has 164 valence electrons. The molecule has 1 unspecified atom stereocenters. The van der Waals surface area contributed by atoms with Gasteiger partial charge in [-0.2, -0.15) is 4.99 Å². The van der Waals surface area contributed by atoms with Crippen LogP contribution in [0.1, 0.15) is 34.6 Å². The van der Waals surface area contributed by atoms with Crippen molar-refractivity contribution < 1.29 is 29.0 Å². The molecule has 0 aliphatic carbocycles. The number of thiophene rings is 1. The Labute approximate surface area is 190 Å². The van der Waals surface area contributed by atoms with Crippen molar-refractivity contribution >= 4 is 73.8 Å². The molecule has 0 radical (unpaired) electrons. The number of esters is 1. The van der Waals surface area contributed by atoms with Gasteiger partial charge in [-0.15, -0.1) is 11.3 Å². The number of nitrogens with one attached hydrogen (secondary N) is 1. The molecule has 1 aromatic heterocycles. The molecule has 31 heavy (non-hydrogen) atoms. The summed E-state index contributed by atoms with van der Waals surface area (Å²) in [5, 5.41) is 12.8. The molecule has 1 aromatic rings. The molecule has 3 rings (SSSR count). The van der Waals surface area contributed by atoms with Crippen molar-refractivity contribution in [2.75, 3.05) is 17.7 Å². The zero-order valence-corrected chi connectivity index (χ0v) is 19.5. The van der Waals surface area contributed by atoms with Crippen LogP contribution in [-0.2, 0) is 19.1 Å². The number of aliphatic carboxylic acids is 1. The van der Waals surface area contributed by atoms with Crippen molar-refractivity contribution in [1.82, 2.24) is 0 Å². The highest BCUT2D eigenvalue weighted by atomic mass is 32.2. The van der Waals surface area contributed by atoms with Crippen LogP contribution in [0.4, 0.5) is 5.00 Å². The topological polar surface area (TPSA) is 134 Å². The first-order chi connectivity index (χ1) is 14.6. The lowest BCUT2D eigenvalue weighted by Crippen LogP contribution is -2.24. The molecule has 3 heterocycles. The number of carbonyl (C=O) groups is 4. The summed E-state index contributed by atoms with van der Waals surface area (Å²) in [7, 11) is 0. The van der Waals surface area contributed by atoms with Gasteiger partial charge in [0, 0.05) is 4.88 Å². The van der Waals surface area contributed by atoms with E-state index in [-0.39, 0.29) is 22.4 Å². The van der Waals surface area contributed by atoms with Gasteiger partial charge in [0.2, 0.25) is 5.91 Å². The number of hydrogen-bond donors (Lipinski definition) is 2. The normalized spacial score (nSPS) is 17.8. The monoisotopic (exact) mass is 481 g/mol. The van der Waals surface area contributed by atoms with E-state index in [1.165, 1.54) is 11.3 Å². The number of carboxylic acids is 1. The molecule has 0 spiro atoms. The Morgan fingerprint density at radius 1 is 1.23 bits per heavy atom. The SMILES string of the molecule is CCOC(=O)c1c(NC(=O)CSC2=NC(=O)C3C(=N2)SC(C(=O)O)=C3C)sc(C)c1C. The third kappa shape index (κ3) is 4.75. The molecule has 2 amide bonds. The first-order valence-electron chi connectivity index (χ1n) is 9.16. The summed E-state index contributed by atoms with van der Waals surface area (Å²) in [6.07, 6.45) is 0. The number of aryl methyl sites for hydroxylation is 1. The minimum atomic E-state index is -1.11. The highest BCUT2D eigenvalue weighted by molar-refractivity contribution is 8.19. The molecule has 2 aliphatic rings.